The number of benzene rings is 1. The largest absolute Gasteiger partial charge is 0.453 e. The Balaban J connectivity index is 2.26. The number of carbonyl (C=O) groups is 1. The average molecular weight is 251 g/mol. The minimum absolute atomic E-state index is 0.127. The van der Waals surface area contributed by atoms with E-state index >= 15 is 0 Å². The van der Waals surface area contributed by atoms with E-state index in [1.807, 2.05) is 30.3 Å². The zero-order valence-corrected chi connectivity index (χ0v) is 10.6. The summed E-state index contributed by atoms with van der Waals surface area (Å²) >= 11 is 3.97. The van der Waals surface area contributed by atoms with Crippen LogP contribution in [0.5, 0.6) is 0 Å². The van der Waals surface area contributed by atoms with Crippen molar-refractivity contribution >= 4 is 18.6 Å². The first-order valence-electron chi connectivity index (χ1n) is 5.86. The van der Waals surface area contributed by atoms with Crippen LogP contribution in [0.2, 0.25) is 0 Å². The van der Waals surface area contributed by atoms with Gasteiger partial charge in [0.25, 0.3) is 0 Å². The summed E-state index contributed by atoms with van der Waals surface area (Å²) in [6, 6.07) is 9.98. The quantitative estimate of drug-likeness (QED) is 0.635. The molecule has 17 heavy (non-hydrogen) atoms. The van der Waals surface area contributed by atoms with Gasteiger partial charge in [-0.2, -0.15) is 12.6 Å². The lowest BCUT2D eigenvalue weighted by Gasteiger charge is -2.37. The molecule has 1 aromatic rings. The Labute approximate surface area is 107 Å². The van der Waals surface area contributed by atoms with Gasteiger partial charge in [0.05, 0.1) is 5.75 Å². The molecule has 0 saturated carbocycles. The maximum absolute atomic E-state index is 11.5. The fraction of sp³-hybridized carbons (Fsp3) is 0.462. The van der Waals surface area contributed by atoms with Gasteiger partial charge in [0.2, 0.25) is 0 Å². The normalized spacial score (nSPS) is 18.6. The van der Waals surface area contributed by atoms with E-state index in [1.54, 1.807) is 0 Å². The lowest BCUT2D eigenvalue weighted by Crippen LogP contribution is -2.43. The van der Waals surface area contributed by atoms with E-state index in [4.69, 9.17) is 4.74 Å². The summed E-state index contributed by atoms with van der Waals surface area (Å²) < 4.78 is 5.66. The number of thiol groups is 1. The molecule has 0 bridgehead atoms. The standard InChI is InChI=1S/C13H17NO2S/c15-12(10-17)16-13(6-8-14-9-7-13)11-4-2-1-3-5-11/h1-5,14,17H,6-10H2. The van der Waals surface area contributed by atoms with Gasteiger partial charge in [0, 0.05) is 12.8 Å². The fourth-order valence-electron chi connectivity index (χ4n) is 2.27. The Kier molecular flexibility index (Phi) is 4.07. The van der Waals surface area contributed by atoms with Crippen LogP contribution in [0.3, 0.4) is 0 Å². The minimum atomic E-state index is -0.466. The van der Waals surface area contributed by atoms with Crippen molar-refractivity contribution in [1.29, 1.82) is 0 Å². The van der Waals surface area contributed by atoms with E-state index in [0.29, 0.717) is 0 Å². The van der Waals surface area contributed by atoms with Crippen molar-refractivity contribution in [1.82, 2.24) is 5.32 Å². The van der Waals surface area contributed by atoms with Gasteiger partial charge in [0.15, 0.2) is 0 Å². The van der Waals surface area contributed by atoms with Crippen LogP contribution in [-0.2, 0) is 15.1 Å². The van der Waals surface area contributed by atoms with Crippen molar-refractivity contribution in [2.24, 2.45) is 0 Å². The highest BCUT2D eigenvalue weighted by molar-refractivity contribution is 7.81. The number of esters is 1. The second-order valence-electron chi connectivity index (χ2n) is 4.24. The number of hydrogen-bond donors (Lipinski definition) is 2. The van der Waals surface area contributed by atoms with E-state index in [0.717, 1.165) is 31.5 Å². The summed E-state index contributed by atoms with van der Waals surface area (Å²) in [5.41, 5.74) is 0.614. The number of rotatable bonds is 3. The van der Waals surface area contributed by atoms with Crippen molar-refractivity contribution in [3.8, 4) is 0 Å². The van der Waals surface area contributed by atoms with Crippen LogP contribution in [-0.4, -0.2) is 24.8 Å². The Morgan fingerprint density at radius 1 is 1.29 bits per heavy atom. The van der Waals surface area contributed by atoms with Crippen LogP contribution in [0.15, 0.2) is 30.3 Å². The first-order chi connectivity index (χ1) is 8.27. The third-order valence-electron chi connectivity index (χ3n) is 3.15. The third-order valence-corrected chi connectivity index (χ3v) is 3.41. The number of piperidine rings is 1. The van der Waals surface area contributed by atoms with Crippen molar-refractivity contribution in [3.63, 3.8) is 0 Å². The highest BCUT2D eigenvalue weighted by Crippen LogP contribution is 2.34. The molecule has 0 atom stereocenters. The molecule has 1 aliphatic heterocycles. The number of hydrogen-bond acceptors (Lipinski definition) is 4. The molecule has 1 fully saturated rings. The second-order valence-corrected chi connectivity index (χ2v) is 4.56. The molecular formula is C13H17NO2S. The van der Waals surface area contributed by atoms with Crippen LogP contribution in [0.1, 0.15) is 18.4 Å². The molecule has 0 aliphatic carbocycles. The van der Waals surface area contributed by atoms with Gasteiger partial charge in [0.1, 0.15) is 5.60 Å². The maximum Gasteiger partial charge on any atom is 0.316 e. The summed E-state index contributed by atoms with van der Waals surface area (Å²) in [6.07, 6.45) is 1.63. The molecule has 1 aromatic carbocycles. The predicted molar refractivity (Wildman–Crippen MR) is 70.2 cm³/mol. The summed E-state index contributed by atoms with van der Waals surface area (Å²) in [5.74, 6) is -0.124. The Morgan fingerprint density at radius 3 is 2.53 bits per heavy atom. The molecule has 1 saturated heterocycles. The predicted octanol–water partition coefficient (Wildman–Crippen LogP) is 1.74. The zero-order valence-electron chi connectivity index (χ0n) is 9.69. The van der Waals surface area contributed by atoms with E-state index in [2.05, 4.69) is 17.9 Å². The first-order valence-corrected chi connectivity index (χ1v) is 6.49. The Hall–Kier alpha value is -1.00. The molecule has 1 aliphatic rings. The highest BCUT2D eigenvalue weighted by Gasteiger charge is 2.37. The summed E-state index contributed by atoms with van der Waals surface area (Å²) in [4.78, 5) is 11.5. The molecule has 92 valence electrons. The zero-order chi connectivity index (χ0) is 12.1. The molecule has 0 spiro atoms. The van der Waals surface area contributed by atoms with Crippen LogP contribution < -0.4 is 5.32 Å². The smallest absolute Gasteiger partial charge is 0.316 e. The molecule has 1 N–H and O–H groups in total. The topological polar surface area (TPSA) is 38.3 Å². The van der Waals surface area contributed by atoms with Crippen molar-refractivity contribution in [2.45, 2.75) is 18.4 Å². The van der Waals surface area contributed by atoms with E-state index < -0.39 is 5.60 Å². The monoisotopic (exact) mass is 251 g/mol. The summed E-state index contributed by atoms with van der Waals surface area (Å²) in [7, 11) is 0. The summed E-state index contributed by atoms with van der Waals surface area (Å²) in [5, 5.41) is 3.29. The Morgan fingerprint density at radius 2 is 1.94 bits per heavy atom. The van der Waals surface area contributed by atoms with E-state index in [1.165, 1.54) is 0 Å². The minimum Gasteiger partial charge on any atom is -0.453 e. The molecule has 0 radical (unpaired) electrons. The van der Waals surface area contributed by atoms with Gasteiger partial charge in [-0.15, -0.1) is 0 Å². The molecule has 1 heterocycles. The highest BCUT2D eigenvalue weighted by atomic mass is 32.1. The van der Waals surface area contributed by atoms with Gasteiger partial charge in [-0.1, -0.05) is 30.3 Å². The van der Waals surface area contributed by atoms with Gasteiger partial charge in [-0.05, 0) is 18.7 Å². The van der Waals surface area contributed by atoms with Crippen molar-refractivity contribution in [3.05, 3.63) is 35.9 Å². The van der Waals surface area contributed by atoms with Crippen molar-refractivity contribution < 1.29 is 9.53 Å². The van der Waals surface area contributed by atoms with Crippen molar-refractivity contribution in [2.75, 3.05) is 18.8 Å². The van der Waals surface area contributed by atoms with Gasteiger partial charge in [-0.25, -0.2) is 0 Å². The maximum atomic E-state index is 11.5. The van der Waals surface area contributed by atoms with Crippen LogP contribution >= 0.6 is 12.6 Å². The van der Waals surface area contributed by atoms with Gasteiger partial charge >= 0.3 is 5.97 Å². The van der Waals surface area contributed by atoms with Crippen LogP contribution in [0.25, 0.3) is 0 Å². The third kappa shape index (κ3) is 2.82. The Bertz CT molecular complexity index is 374. The lowest BCUT2D eigenvalue weighted by molar-refractivity contribution is -0.160. The lowest BCUT2D eigenvalue weighted by atomic mass is 9.85. The molecule has 4 heteroatoms. The number of carbonyl (C=O) groups excluding carboxylic acids is 1. The molecule has 3 nitrogen and oxygen atoms in total. The molecular weight excluding hydrogens is 234 g/mol. The van der Waals surface area contributed by atoms with Gasteiger partial charge in [-0.3, -0.25) is 4.79 Å². The molecule has 0 aromatic heterocycles. The first kappa shape index (κ1) is 12.5. The average Bonchev–Trinajstić information content (AvgIpc) is 2.40. The van der Waals surface area contributed by atoms with E-state index in [9.17, 15) is 4.79 Å². The second kappa shape index (κ2) is 5.56. The molecule has 0 amide bonds. The molecule has 0 unspecified atom stereocenters. The van der Waals surface area contributed by atoms with Crippen LogP contribution in [0.4, 0.5) is 0 Å². The van der Waals surface area contributed by atoms with E-state index in [-0.39, 0.29) is 11.7 Å². The number of nitrogens with one attached hydrogen (secondary N) is 1. The summed E-state index contributed by atoms with van der Waals surface area (Å²) in [6.45, 7) is 1.74. The van der Waals surface area contributed by atoms with Gasteiger partial charge < -0.3 is 10.1 Å². The number of ether oxygens (including phenoxy) is 1. The SMILES string of the molecule is O=C(CS)OC1(c2ccccc2)CCNCC1. The molecule has 2 rings (SSSR count). The fourth-order valence-corrected chi connectivity index (χ4v) is 2.34. The van der Waals surface area contributed by atoms with Crippen LogP contribution in [0, 0.1) is 0 Å².